The van der Waals surface area contributed by atoms with Crippen molar-refractivity contribution in [3.8, 4) is 0 Å². The highest BCUT2D eigenvalue weighted by Gasteiger charge is 2.42. The lowest BCUT2D eigenvalue weighted by Crippen LogP contribution is -2.31. The van der Waals surface area contributed by atoms with Gasteiger partial charge in [-0.1, -0.05) is 41.9 Å². The molecule has 1 atom stereocenters. The van der Waals surface area contributed by atoms with Crippen LogP contribution in [0.15, 0.2) is 40.9 Å². The number of amides is 1. The average Bonchev–Trinajstić information content (AvgIpc) is 3.33. The van der Waals surface area contributed by atoms with E-state index in [0.29, 0.717) is 37.6 Å². The molecule has 0 radical (unpaired) electrons. The molecule has 0 spiro atoms. The number of likely N-dealkylation sites (tertiary alicyclic amines) is 1. The zero-order valence-electron chi connectivity index (χ0n) is 17.4. The Bertz CT molecular complexity index is 1210. The topological polar surface area (TPSA) is 68.5 Å². The van der Waals surface area contributed by atoms with Crippen LogP contribution in [0.25, 0.3) is 10.9 Å². The lowest BCUT2D eigenvalue weighted by atomic mass is 9.78. The molecule has 7 heteroatoms. The van der Waals surface area contributed by atoms with Crippen LogP contribution in [0.2, 0.25) is 0 Å². The second-order valence-corrected chi connectivity index (χ2v) is 9.99. The van der Waals surface area contributed by atoms with Crippen molar-refractivity contribution in [3.05, 3.63) is 68.9 Å². The molecule has 5 rings (SSSR count). The summed E-state index contributed by atoms with van der Waals surface area (Å²) in [5, 5.41) is 0.731. The molecule has 1 amide bonds. The lowest BCUT2D eigenvalue weighted by molar-refractivity contribution is 0.0773. The highest BCUT2D eigenvalue weighted by atomic mass is 79.9. The van der Waals surface area contributed by atoms with Gasteiger partial charge < -0.3 is 15.4 Å². The summed E-state index contributed by atoms with van der Waals surface area (Å²) in [6.45, 7) is 6.19. The molecule has 0 bridgehead atoms. The minimum Gasteiger partial charge on any atom is -0.383 e. The van der Waals surface area contributed by atoms with Crippen LogP contribution < -0.4 is 5.73 Å². The van der Waals surface area contributed by atoms with Crippen LogP contribution >= 0.6 is 15.9 Å². The molecule has 2 N–H and O–H groups in total. The van der Waals surface area contributed by atoms with E-state index in [-0.39, 0.29) is 22.8 Å². The van der Waals surface area contributed by atoms with E-state index >= 15 is 0 Å². The fourth-order valence-corrected chi connectivity index (χ4v) is 5.13. The Balaban J connectivity index is 1.51. The first kappa shape index (κ1) is 20.4. The van der Waals surface area contributed by atoms with Crippen molar-refractivity contribution in [2.24, 2.45) is 5.41 Å². The molecule has 3 aromatic rings. The number of hydrogen-bond acceptors (Lipinski definition) is 4. The van der Waals surface area contributed by atoms with Crippen LogP contribution in [0.1, 0.15) is 46.8 Å². The first-order valence-electron chi connectivity index (χ1n) is 10.3. The number of halogens is 2. The van der Waals surface area contributed by atoms with Crippen LogP contribution in [0.4, 0.5) is 10.2 Å². The molecule has 2 aromatic carbocycles. The van der Waals surface area contributed by atoms with E-state index in [1.54, 1.807) is 11.0 Å². The van der Waals surface area contributed by atoms with Gasteiger partial charge in [-0.2, -0.15) is 0 Å². The van der Waals surface area contributed by atoms with Gasteiger partial charge in [0, 0.05) is 40.5 Å². The minimum absolute atomic E-state index is 0.0698. The van der Waals surface area contributed by atoms with Gasteiger partial charge in [-0.15, -0.1) is 0 Å². The van der Waals surface area contributed by atoms with E-state index in [4.69, 9.17) is 10.5 Å². The van der Waals surface area contributed by atoms with Gasteiger partial charge in [0.05, 0.1) is 24.3 Å². The second-order valence-electron chi connectivity index (χ2n) is 9.07. The van der Waals surface area contributed by atoms with Crippen molar-refractivity contribution >= 4 is 38.6 Å². The maximum atomic E-state index is 15.0. The number of pyridine rings is 1. The molecule has 1 aromatic heterocycles. The molecule has 2 aliphatic rings. The molecular formula is C24H23BrFN3O2. The standard InChI is InChI=1S/C24H23BrFN3O2/c1-24(2)12-29(9-19(24)13-3-5-14(25)6-4-13)23(30)16-7-15-17-10-31-11-18(17)22(27)28-21(15)8-20(16)26/h3-8,19H,9-12H2,1-2H3,(H2,27,28)/t19-/m0/s1. The summed E-state index contributed by atoms with van der Waals surface area (Å²) in [5.41, 5.74) is 9.30. The number of rotatable bonds is 2. The number of nitrogen functional groups attached to an aromatic ring is 1. The number of fused-ring (bicyclic) bond motifs is 3. The van der Waals surface area contributed by atoms with Gasteiger partial charge in [-0.25, -0.2) is 9.37 Å². The van der Waals surface area contributed by atoms with Crippen LogP contribution in [0, 0.1) is 11.2 Å². The minimum atomic E-state index is -0.576. The summed E-state index contributed by atoms with van der Waals surface area (Å²) in [4.78, 5) is 19.5. The van der Waals surface area contributed by atoms with E-state index < -0.39 is 5.82 Å². The molecular weight excluding hydrogens is 461 g/mol. The summed E-state index contributed by atoms with van der Waals surface area (Å²) in [6, 6.07) is 11.1. The molecule has 0 saturated carbocycles. The van der Waals surface area contributed by atoms with E-state index in [2.05, 4.69) is 46.9 Å². The number of benzene rings is 2. The molecule has 1 fully saturated rings. The third-order valence-corrected chi connectivity index (χ3v) is 7.08. The SMILES string of the molecule is CC1(C)CN(C(=O)c2cc3c4c(c(N)nc3cc2F)COC4)C[C@H]1c1ccc(Br)cc1. The molecule has 5 nitrogen and oxygen atoms in total. The van der Waals surface area contributed by atoms with Gasteiger partial charge in [-0.3, -0.25) is 4.79 Å². The molecule has 0 unspecified atom stereocenters. The Morgan fingerprint density at radius 1 is 1.23 bits per heavy atom. The number of hydrogen-bond donors (Lipinski definition) is 1. The molecule has 31 heavy (non-hydrogen) atoms. The summed E-state index contributed by atoms with van der Waals surface area (Å²) >= 11 is 3.47. The van der Waals surface area contributed by atoms with Gasteiger partial charge >= 0.3 is 0 Å². The van der Waals surface area contributed by atoms with Crippen LogP contribution in [-0.4, -0.2) is 28.9 Å². The Morgan fingerprint density at radius 2 is 1.94 bits per heavy atom. The van der Waals surface area contributed by atoms with Gasteiger partial charge in [0.2, 0.25) is 0 Å². The number of ether oxygens (including phenoxy) is 1. The predicted molar refractivity (Wildman–Crippen MR) is 121 cm³/mol. The van der Waals surface area contributed by atoms with Crippen LogP contribution in [0.3, 0.4) is 0 Å². The maximum Gasteiger partial charge on any atom is 0.256 e. The summed E-state index contributed by atoms with van der Waals surface area (Å²) in [7, 11) is 0. The van der Waals surface area contributed by atoms with E-state index in [1.807, 2.05) is 12.1 Å². The van der Waals surface area contributed by atoms with Gasteiger partial charge in [0.25, 0.3) is 5.91 Å². The molecule has 160 valence electrons. The summed E-state index contributed by atoms with van der Waals surface area (Å²) in [6.07, 6.45) is 0. The fraction of sp³-hybridized carbons (Fsp3) is 0.333. The van der Waals surface area contributed by atoms with E-state index in [9.17, 15) is 9.18 Å². The Hall–Kier alpha value is -2.51. The lowest BCUT2D eigenvalue weighted by Gasteiger charge is -2.25. The zero-order valence-corrected chi connectivity index (χ0v) is 19.0. The van der Waals surface area contributed by atoms with Crippen LogP contribution in [-0.2, 0) is 18.0 Å². The zero-order chi connectivity index (χ0) is 21.9. The molecule has 0 aliphatic carbocycles. The van der Waals surface area contributed by atoms with Crippen molar-refractivity contribution in [2.45, 2.75) is 33.0 Å². The molecule has 2 aliphatic heterocycles. The predicted octanol–water partition coefficient (Wildman–Crippen LogP) is 5.01. The number of anilines is 1. The van der Waals surface area contributed by atoms with Crippen molar-refractivity contribution in [3.63, 3.8) is 0 Å². The maximum absolute atomic E-state index is 15.0. The average molecular weight is 484 g/mol. The highest BCUT2D eigenvalue weighted by molar-refractivity contribution is 9.10. The van der Waals surface area contributed by atoms with Gasteiger partial charge in [-0.05, 0) is 34.7 Å². The summed E-state index contributed by atoms with van der Waals surface area (Å²) < 4.78 is 21.5. The van der Waals surface area contributed by atoms with Gasteiger partial charge in [0.15, 0.2) is 0 Å². The van der Waals surface area contributed by atoms with Crippen molar-refractivity contribution in [2.75, 3.05) is 18.8 Å². The van der Waals surface area contributed by atoms with Gasteiger partial charge in [0.1, 0.15) is 11.6 Å². The number of nitrogens with two attached hydrogens (primary N) is 1. The smallest absolute Gasteiger partial charge is 0.256 e. The number of nitrogens with zero attached hydrogens (tertiary/aromatic N) is 2. The molecule has 3 heterocycles. The number of carbonyl (C=O) groups is 1. The van der Waals surface area contributed by atoms with Crippen molar-refractivity contribution < 1.29 is 13.9 Å². The quantitative estimate of drug-likeness (QED) is 0.555. The first-order valence-corrected chi connectivity index (χ1v) is 11.1. The van der Waals surface area contributed by atoms with Crippen molar-refractivity contribution in [1.29, 1.82) is 0 Å². The Labute approximate surface area is 188 Å². The molecule has 1 saturated heterocycles. The Morgan fingerprint density at radius 3 is 2.68 bits per heavy atom. The summed E-state index contributed by atoms with van der Waals surface area (Å²) in [5.74, 6) is -0.339. The van der Waals surface area contributed by atoms with Crippen LogP contribution in [0.5, 0.6) is 0 Å². The Kier molecular flexibility index (Phi) is 4.79. The third-order valence-electron chi connectivity index (χ3n) is 6.55. The number of carbonyl (C=O) groups excluding carboxylic acids is 1. The van der Waals surface area contributed by atoms with E-state index in [0.717, 1.165) is 21.0 Å². The normalized spacial score (nSPS) is 19.7. The third kappa shape index (κ3) is 3.40. The van der Waals surface area contributed by atoms with E-state index in [1.165, 1.54) is 11.6 Å². The fourth-order valence-electron chi connectivity index (χ4n) is 4.87. The second kappa shape index (κ2) is 7.28. The number of aromatic nitrogens is 1. The highest BCUT2D eigenvalue weighted by Crippen LogP contribution is 2.43. The first-order chi connectivity index (χ1) is 14.7. The van der Waals surface area contributed by atoms with Crippen molar-refractivity contribution in [1.82, 2.24) is 9.88 Å². The largest absolute Gasteiger partial charge is 0.383 e. The monoisotopic (exact) mass is 483 g/mol.